The highest BCUT2D eigenvalue weighted by atomic mass is 32.2. The fraction of sp³-hybridized carbons (Fsp3) is 0.545. The molecule has 1 aromatic rings. The first-order valence-corrected chi connectivity index (χ1v) is 6.72. The highest BCUT2D eigenvalue weighted by Gasteiger charge is 2.15. The van der Waals surface area contributed by atoms with Crippen LogP contribution in [0.5, 0.6) is 0 Å². The van der Waals surface area contributed by atoms with Crippen LogP contribution in [0.25, 0.3) is 0 Å². The first-order valence-electron chi connectivity index (χ1n) is 5.73. The minimum Gasteiger partial charge on any atom is -0.341 e. The summed E-state index contributed by atoms with van der Waals surface area (Å²) in [4.78, 5) is 22.0. The standard InChI is InChI=1S/C11H16N4OS/c16-11(15-6-1-2-12-5-7-15)9-17-10-8-13-3-4-14-10/h3-4,8,12H,1-2,5-7,9H2. The molecular weight excluding hydrogens is 236 g/mol. The zero-order valence-electron chi connectivity index (χ0n) is 9.63. The van der Waals surface area contributed by atoms with E-state index in [1.807, 2.05) is 4.90 Å². The Labute approximate surface area is 105 Å². The molecule has 0 unspecified atom stereocenters. The summed E-state index contributed by atoms with van der Waals surface area (Å²) in [6.07, 6.45) is 5.98. The Balaban J connectivity index is 1.80. The Morgan fingerprint density at radius 3 is 3.18 bits per heavy atom. The summed E-state index contributed by atoms with van der Waals surface area (Å²) >= 11 is 1.44. The number of hydrogen-bond donors (Lipinski definition) is 1. The van der Waals surface area contributed by atoms with E-state index in [1.165, 1.54) is 11.8 Å². The smallest absolute Gasteiger partial charge is 0.233 e. The van der Waals surface area contributed by atoms with E-state index in [1.54, 1.807) is 18.6 Å². The van der Waals surface area contributed by atoms with Crippen molar-refractivity contribution in [2.75, 3.05) is 31.9 Å². The van der Waals surface area contributed by atoms with Crippen molar-refractivity contribution in [1.29, 1.82) is 0 Å². The number of amides is 1. The van der Waals surface area contributed by atoms with Crippen molar-refractivity contribution < 1.29 is 4.79 Å². The second kappa shape index (κ2) is 6.56. The average molecular weight is 252 g/mol. The van der Waals surface area contributed by atoms with Crippen LogP contribution in [0, 0.1) is 0 Å². The maximum absolute atomic E-state index is 12.0. The van der Waals surface area contributed by atoms with Crippen molar-refractivity contribution in [3.05, 3.63) is 18.6 Å². The predicted molar refractivity (Wildman–Crippen MR) is 66.8 cm³/mol. The third kappa shape index (κ3) is 3.98. The average Bonchev–Trinajstić information content (AvgIpc) is 2.66. The molecular formula is C11H16N4OS. The van der Waals surface area contributed by atoms with Gasteiger partial charge in [0, 0.05) is 32.0 Å². The molecule has 0 atom stereocenters. The molecule has 2 rings (SSSR count). The molecule has 0 radical (unpaired) electrons. The first-order chi connectivity index (χ1) is 8.36. The van der Waals surface area contributed by atoms with E-state index in [9.17, 15) is 4.79 Å². The number of nitrogens with zero attached hydrogens (tertiary/aromatic N) is 3. The van der Waals surface area contributed by atoms with Crippen LogP contribution in [-0.4, -0.2) is 52.7 Å². The van der Waals surface area contributed by atoms with Gasteiger partial charge in [-0.1, -0.05) is 11.8 Å². The van der Waals surface area contributed by atoms with Gasteiger partial charge in [-0.3, -0.25) is 9.78 Å². The van der Waals surface area contributed by atoms with Gasteiger partial charge >= 0.3 is 0 Å². The molecule has 5 nitrogen and oxygen atoms in total. The summed E-state index contributed by atoms with van der Waals surface area (Å²) in [6.45, 7) is 3.55. The Morgan fingerprint density at radius 2 is 2.35 bits per heavy atom. The number of hydrogen-bond acceptors (Lipinski definition) is 5. The molecule has 1 aliphatic heterocycles. The van der Waals surface area contributed by atoms with E-state index in [0.29, 0.717) is 5.75 Å². The van der Waals surface area contributed by atoms with E-state index < -0.39 is 0 Å². The van der Waals surface area contributed by atoms with E-state index in [2.05, 4.69) is 15.3 Å². The predicted octanol–water partition coefficient (Wildman–Crippen LogP) is 0.391. The molecule has 0 bridgehead atoms. The monoisotopic (exact) mass is 252 g/mol. The SMILES string of the molecule is O=C(CSc1cnccn1)N1CCCNCC1. The van der Waals surface area contributed by atoms with Crippen LogP contribution in [-0.2, 0) is 4.79 Å². The molecule has 1 aliphatic rings. The first kappa shape index (κ1) is 12.3. The lowest BCUT2D eigenvalue weighted by Crippen LogP contribution is -2.35. The molecule has 17 heavy (non-hydrogen) atoms. The lowest BCUT2D eigenvalue weighted by atomic mass is 10.4. The lowest BCUT2D eigenvalue weighted by Gasteiger charge is -2.19. The van der Waals surface area contributed by atoms with Crippen LogP contribution in [0.15, 0.2) is 23.6 Å². The third-order valence-corrected chi connectivity index (χ3v) is 3.47. The van der Waals surface area contributed by atoms with Gasteiger partial charge in [-0.05, 0) is 13.0 Å². The van der Waals surface area contributed by atoms with Gasteiger partial charge in [0.1, 0.15) is 5.03 Å². The minimum atomic E-state index is 0.185. The van der Waals surface area contributed by atoms with Crippen molar-refractivity contribution in [1.82, 2.24) is 20.2 Å². The Bertz CT molecular complexity index is 352. The Hall–Kier alpha value is -1.14. The van der Waals surface area contributed by atoms with Gasteiger partial charge in [0.15, 0.2) is 0 Å². The molecule has 92 valence electrons. The quantitative estimate of drug-likeness (QED) is 0.789. The van der Waals surface area contributed by atoms with E-state index in [0.717, 1.165) is 37.6 Å². The van der Waals surface area contributed by atoms with Gasteiger partial charge in [-0.15, -0.1) is 0 Å². The number of rotatable bonds is 3. The summed E-state index contributed by atoms with van der Waals surface area (Å²) in [7, 11) is 0. The second-order valence-electron chi connectivity index (χ2n) is 3.82. The van der Waals surface area contributed by atoms with Crippen LogP contribution < -0.4 is 5.32 Å². The van der Waals surface area contributed by atoms with E-state index >= 15 is 0 Å². The van der Waals surface area contributed by atoms with Gasteiger partial charge in [-0.25, -0.2) is 4.98 Å². The van der Waals surface area contributed by atoms with Gasteiger partial charge in [0.05, 0.1) is 11.9 Å². The summed E-state index contributed by atoms with van der Waals surface area (Å²) in [6, 6.07) is 0. The van der Waals surface area contributed by atoms with Crippen molar-refractivity contribution >= 4 is 17.7 Å². The molecule has 2 heterocycles. The summed E-state index contributed by atoms with van der Waals surface area (Å²) in [5.41, 5.74) is 0. The normalized spacial score (nSPS) is 16.6. The van der Waals surface area contributed by atoms with Crippen molar-refractivity contribution in [2.24, 2.45) is 0 Å². The largest absolute Gasteiger partial charge is 0.341 e. The van der Waals surface area contributed by atoms with Crippen LogP contribution in [0.2, 0.25) is 0 Å². The molecule has 1 saturated heterocycles. The molecule has 6 heteroatoms. The van der Waals surface area contributed by atoms with Crippen molar-refractivity contribution in [3.63, 3.8) is 0 Å². The third-order valence-electron chi connectivity index (χ3n) is 2.58. The molecule has 0 saturated carbocycles. The summed E-state index contributed by atoms with van der Waals surface area (Å²) < 4.78 is 0. The number of carbonyl (C=O) groups excluding carboxylic acids is 1. The lowest BCUT2D eigenvalue weighted by molar-refractivity contribution is -0.128. The number of aromatic nitrogens is 2. The summed E-state index contributed by atoms with van der Waals surface area (Å²) in [5, 5.41) is 4.08. The van der Waals surface area contributed by atoms with Crippen molar-refractivity contribution in [3.8, 4) is 0 Å². The van der Waals surface area contributed by atoms with Crippen LogP contribution in [0.3, 0.4) is 0 Å². The Kier molecular flexibility index (Phi) is 4.75. The molecule has 1 N–H and O–H groups in total. The van der Waals surface area contributed by atoms with Gasteiger partial charge in [-0.2, -0.15) is 0 Å². The van der Waals surface area contributed by atoms with E-state index in [4.69, 9.17) is 0 Å². The maximum atomic E-state index is 12.0. The van der Waals surface area contributed by atoms with Crippen LogP contribution in [0.4, 0.5) is 0 Å². The number of thioether (sulfide) groups is 1. The fourth-order valence-electron chi connectivity index (χ4n) is 1.68. The van der Waals surface area contributed by atoms with Crippen LogP contribution >= 0.6 is 11.8 Å². The number of nitrogens with one attached hydrogen (secondary N) is 1. The van der Waals surface area contributed by atoms with Crippen LogP contribution in [0.1, 0.15) is 6.42 Å². The summed E-state index contributed by atoms with van der Waals surface area (Å²) in [5.74, 6) is 0.628. The fourth-order valence-corrected chi connectivity index (χ4v) is 2.41. The molecule has 1 aromatic heterocycles. The highest BCUT2D eigenvalue weighted by Crippen LogP contribution is 2.13. The molecule has 0 spiro atoms. The zero-order chi connectivity index (χ0) is 11.9. The molecule has 1 fully saturated rings. The van der Waals surface area contributed by atoms with E-state index in [-0.39, 0.29) is 5.91 Å². The van der Waals surface area contributed by atoms with Gasteiger partial charge in [0.25, 0.3) is 0 Å². The number of carbonyl (C=O) groups is 1. The molecule has 0 aromatic carbocycles. The zero-order valence-corrected chi connectivity index (χ0v) is 10.4. The van der Waals surface area contributed by atoms with Crippen molar-refractivity contribution in [2.45, 2.75) is 11.4 Å². The topological polar surface area (TPSA) is 58.1 Å². The second-order valence-corrected chi connectivity index (χ2v) is 4.81. The molecule has 0 aliphatic carbocycles. The highest BCUT2D eigenvalue weighted by molar-refractivity contribution is 7.99. The Morgan fingerprint density at radius 1 is 1.41 bits per heavy atom. The maximum Gasteiger partial charge on any atom is 0.233 e. The molecule has 1 amide bonds. The van der Waals surface area contributed by atoms with Gasteiger partial charge in [0.2, 0.25) is 5.91 Å². The minimum absolute atomic E-state index is 0.185. The van der Waals surface area contributed by atoms with Gasteiger partial charge < -0.3 is 10.2 Å².